The molecule has 0 spiro atoms. The fourth-order valence-corrected chi connectivity index (χ4v) is 5.30. The minimum Gasteiger partial charge on any atom is -0.352 e. The van der Waals surface area contributed by atoms with Crippen LogP contribution in [0.5, 0.6) is 0 Å². The van der Waals surface area contributed by atoms with Crippen molar-refractivity contribution >= 4 is 23.4 Å². The Morgan fingerprint density at radius 3 is 2.72 bits per heavy atom. The van der Waals surface area contributed by atoms with Crippen LogP contribution >= 0.6 is 11.8 Å². The zero-order valence-corrected chi connectivity index (χ0v) is 20.5. The third-order valence-corrected chi connectivity index (χ3v) is 7.88. The summed E-state index contributed by atoms with van der Waals surface area (Å²) in [5.41, 5.74) is 5.75. The number of amides is 1. The fraction of sp³-hybridized carbons (Fsp3) is 0.520. The smallest absolute Gasteiger partial charge is 0.253 e. The van der Waals surface area contributed by atoms with E-state index in [1.807, 2.05) is 11.4 Å². The number of nitrogens with one attached hydrogen (secondary N) is 1. The number of carbonyl (C=O) groups excluding carboxylic acids is 1. The number of benzene rings is 1. The van der Waals surface area contributed by atoms with Crippen molar-refractivity contribution in [2.24, 2.45) is 11.8 Å². The quantitative estimate of drug-likeness (QED) is 0.551. The van der Waals surface area contributed by atoms with Gasteiger partial charge in [0.1, 0.15) is 0 Å². The Kier molecular flexibility index (Phi) is 6.84. The van der Waals surface area contributed by atoms with Crippen LogP contribution in [0.2, 0.25) is 0 Å². The van der Waals surface area contributed by atoms with Crippen LogP contribution in [0.4, 0.5) is 0 Å². The van der Waals surface area contributed by atoms with Crippen molar-refractivity contribution in [2.45, 2.75) is 71.5 Å². The van der Waals surface area contributed by atoms with Crippen LogP contribution in [0.15, 0.2) is 29.4 Å². The third-order valence-electron chi connectivity index (χ3n) is 7.04. The van der Waals surface area contributed by atoms with Gasteiger partial charge < -0.3 is 5.32 Å². The first-order valence-corrected chi connectivity index (χ1v) is 12.5. The zero-order chi connectivity index (χ0) is 22.8. The summed E-state index contributed by atoms with van der Waals surface area (Å²) in [6.07, 6.45) is 4.33. The first-order chi connectivity index (χ1) is 15.3. The van der Waals surface area contributed by atoms with Crippen molar-refractivity contribution in [3.05, 3.63) is 52.3 Å². The minimum atomic E-state index is 0.0564. The van der Waals surface area contributed by atoms with E-state index >= 15 is 0 Å². The summed E-state index contributed by atoms with van der Waals surface area (Å²) in [5, 5.41) is 8.47. The fourth-order valence-electron chi connectivity index (χ4n) is 4.67. The van der Waals surface area contributed by atoms with Gasteiger partial charge in [0.2, 0.25) is 11.1 Å². The second kappa shape index (κ2) is 9.61. The molecule has 1 aromatic carbocycles. The van der Waals surface area contributed by atoms with E-state index in [1.165, 1.54) is 41.3 Å². The lowest BCUT2D eigenvalue weighted by Gasteiger charge is -2.34. The van der Waals surface area contributed by atoms with Crippen LogP contribution in [0.25, 0.3) is 5.78 Å². The van der Waals surface area contributed by atoms with E-state index in [2.05, 4.69) is 67.4 Å². The van der Waals surface area contributed by atoms with Gasteiger partial charge in [-0.3, -0.25) is 4.79 Å². The highest BCUT2D eigenvalue weighted by atomic mass is 32.2. The molecule has 1 aliphatic carbocycles. The summed E-state index contributed by atoms with van der Waals surface area (Å²) in [6.45, 7) is 10.8. The van der Waals surface area contributed by atoms with Crippen molar-refractivity contribution in [3.63, 3.8) is 0 Å². The number of rotatable bonds is 6. The van der Waals surface area contributed by atoms with Gasteiger partial charge in [-0.1, -0.05) is 62.7 Å². The molecule has 0 saturated heterocycles. The van der Waals surface area contributed by atoms with Gasteiger partial charge in [0.15, 0.2) is 0 Å². The van der Waals surface area contributed by atoms with Crippen molar-refractivity contribution in [2.75, 3.05) is 5.75 Å². The lowest BCUT2D eigenvalue weighted by molar-refractivity contribution is -0.120. The molecule has 1 N–H and O–H groups in total. The number of nitrogens with zero attached hydrogens (tertiary/aromatic N) is 4. The van der Waals surface area contributed by atoms with Crippen LogP contribution in [-0.4, -0.2) is 37.3 Å². The van der Waals surface area contributed by atoms with Gasteiger partial charge in [-0.05, 0) is 55.7 Å². The average Bonchev–Trinajstić information content (AvgIpc) is 3.17. The Hall–Kier alpha value is -2.41. The van der Waals surface area contributed by atoms with Crippen LogP contribution in [0.3, 0.4) is 0 Å². The molecule has 32 heavy (non-hydrogen) atoms. The number of hydrogen-bond donors (Lipinski definition) is 1. The average molecular weight is 452 g/mol. The summed E-state index contributed by atoms with van der Waals surface area (Å²) in [4.78, 5) is 21.8. The lowest BCUT2D eigenvalue weighted by atomic mass is 9.78. The van der Waals surface area contributed by atoms with E-state index in [9.17, 15) is 4.79 Å². The number of fused-ring (bicyclic) bond motifs is 1. The molecule has 0 radical (unpaired) electrons. The van der Waals surface area contributed by atoms with E-state index in [-0.39, 0.29) is 11.9 Å². The highest BCUT2D eigenvalue weighted by Gasteiger charge is 2.28. The molecule has 0 bridgehead atoms. The SMILES string of the molecule is Cc1ccccc1Cc1c(C)nc2nc(SCC(=O)N[C@@H]3CCC[C@H](C)[C@H]3C)nn2c1C. The predicted molar refractivity (Wildman–Crippen MR) is 129 cm³/mol. The lowest BCUT2D eigenvalue weighted by Crippen LogP contribution is -2.44. The van der Waals surface area contributed by atoms with Crippen molar-refractivity contribution in [1.29, 1.82) is 0 Å². The molecule has 1 amide bonds. The Balaban J connectivity index is 1.46. The monoisotopic (exact) mass is 451 g/mol. The van der Waals surface area contributed by atoms with Gasteiger partial charge in [0.05, 0.1) is 5.75 Å². The van der Waals surface area contributed by atoms with Gasteiger partial charge >= 0.3 is 0 Å². The molecular formula is C25H33N5OS. The largest absolute Gasteiger partial charge is 0.352 e. The van der Waals surface area contributed by atoms with Gasteiger partial charge in [0, 0.05) is 23.9 Å². The Morgan fingerprint density at radius 1 is 1.16 bits per heavy atom. The Bertz CT molecular complexity index is 1120. The van der Waals surface area contributed by atoms with Crippen LogP contribution in [0, 0.1) is 32.6 Å². The molecule has 0 aliphatic heterocycles. The second-order valence-electron chi connectivity index (χ2n) is 9.20. The van der Waals surface area contributed by atoms with Crippen molar-refractivity contribution in [1.82, 2.24) is 24.9 Å². The molecule has 1 aliphatic rings. The van der Waals surface area contributed by atoms with E-state index in [1.54, 1.807) is 0 Å². The van der Waals surface area contributed by atoms with Crippen molar-refractivity contribution in [3.8, 4) is 0 Å². The Labute approximate surface area is 194 Å². The van der Waals surface area contributed by atoms with Crippen LogP contribution < -0.4 is 5.32 Å². The topological polar surface area (TPSA) is 72.2 Å². The molecule has 7 heteroatoms. The number of aryl methyl sites for hydroxylation is 3. The van der Waals surface area contributed by atoms with E-state index in [0.717, 1.165) is 24.2 Å². The molecule has 2 aromatic heterocycles. The summed E-state index contributed by atoms with van der Waals surface area (Å²) in [5.74, 6) is 2.15. The van der Waals surface area contributed by atoms with Gasteiger partial charge in [-0.15, -0.1) is 5.10 Å². The van der Waals surface area contributed by atoms with E-state index in [0.29, 0.717) is 28.5 Å². The first kappa shape index (κ1) is 22.8. The maximum absolute atomic E-state index is 12.6. The maximum Gasteiger partial charge on any atom is 0.253 e. The molecule has 3 atom stereocenters. The molecule has 1 saturated carbocycles. The summed E-state index contributed by atoms with van der Waals surface area (Å²) >= 11 is 1.38. The maximum atomic E-state index is 12.6. The summed E-state index contributed by atoms with van der Waals surface area (Å²) < 4.78 is 1.81. The standard InChI is InChI=1S/C25H33N5OS/c1-15-10-8-12-22(17(15)3)27-23(31)14-32-25-28-24-26-18(4)21(19(5)30(24)29-25)13-20-11-7-6-9-16(20)2/h6-7,9,11,15,17,22H,8,10,12-14H2,1-5H3,(H,27,31)/t15-,17+,22+/m0/s1. The molecule has 0 unspecified atom stereocenters. The molecule has 6 nitrogen and oxygen atoms in total. The minimum absolute atomic E-state index is 0.0564. The van der Waals surface area contributed by atoms with Gasteiger partial charge in [-0.2, -0.15) is 4.98 Å². The summed E-state index contributed by atoms with van der Waals surface area (Å²) in [6, 6.07) is 8.70. The van der Waals surface area contributed by atoms with Gasteiger partial charge in [-0.25, -0.2) is 9.50 Å². The van der Waals surface area contributed by atoms with Crippen LogP contribution in [0.1, 0.15) is 61.2 Å². The Morgan fingerprint density at radius 2 is 1.94 bits per heavy atom. The molecular weight excluding hydrogens is 418 g/mol. The van der Waals surface area contributed by atoms with Gasteiger partial charge in [0.25, 0.3) is 5.78 Å². The normalized spacial score (nSPS) is 21.1. The zero-order valence-electron chi connectivity index (χ0n) is 19.7. The van der Waals surface area contributed by atoms with E-state index in [4.69, 9.17) is 4.98 Å². The number of aromatic nitrogens is 4. The highest BCUT2D eigenvalue weighted by Crippen LogP contribution is 2.29. The predicted octanol–water partition coefficient (Wildman–Crippen LogP) is 4.67. The van der Waals surface area contributed by atoms with Crippen LogP contribution in [-0.2, 0) is 11.2 Å². The third kappa shape index (κ3) is 4.82. The molecule has 3 aromatic rings. The molecule has 1 fully saturated rings. The second-order valence-corrected chi connectivity index (χ2v) is 10.1. The summed E-state index contributed by atoms with van der Waals surface area (Å²) in [7, 11) is 0. The van der Waals surface area contributed by atoms with Crippen molar-refractivity contribution < 1.29 is 4.79 Å². The number of carbonyl (C=O) groups is 1. The number of thioether (sulfide) groups is 1. The first-order valence-electron chi connectivity index (χ1n) is 11.5. The molecule has 2 heterocycles. The highest BCUT2D eigenvalue weighted by molar-refractivity contribution is 7.99. The molecule has 4 rings (SSSR count). The van der Waals surface area contributed by atoms with E-state index < -0.39 is 0 Å². The molecule has 170 valence electrons. The number of hydrogen-bond acceptors (Lipinski definition) is 5.